The number of furan rings is 1. The van der Waals surface area contributed by atoms with Crippen molar-refractivity contribution in [3.8, 4) is 33.4 Å². The zero-order valence-corrected chi connectivity index (χ0v) is 28.4. The quantitative estimate of drug-likeness (QED) is 0.176. The largest absolute Gasteiger partial charge is 0.455 e. The molecule has 10 aromatic rings. The van der Waals surface area contributed by atoms with Gasteiger partial charge in [-0.25, -0.2) is 0 Å². The van der Waals surface area contributed by atoms with E-state index in [0.29, 0.717) is 0 Å². The molecular weight excluding hydrogens is 631 g/mol. The lowest BCUT2D eigenvalue weighted by Crippen LogP contribution is -2.11. The lowest BCUT2D eigenvalue weighted by molar-refractivity contribution is 0.670. The molecule has 244 valence electrons. The van der Waals surface area contributed by atoms with E-state index in [2.05, 4.69) is 193 Å². The summed E-state index contributed by atoms with van der Waals surface area (Å²) in [6, 6.07) is 71.8. The molecule has 0 fully saturated rings. The molecule has 2 heteroatoms. The Morgan fingerprint density at radius 3 is 1.87 bits per heavy atom. The monoisotopic (exact) mass is 663 g/mol. The van der Waals surface area contributed by atoms with E-state index in [1.54, 1.807) is 0 Å². The number of benzene rings is 9. The fourth-order valence-corrected chi connectivity index (χ4v) is 7.85. The third-order valence-corrected chi connectivity index (χ3v) is 10.2. The first-order valence-corrected chi connectivity index (χ1v) is 17.8. The Morgan fingerprint density at radius 1 is 0.346 bits per heavy atom. The van der Waals surface area contributed by atoms with Gasteiger partial charge in [-0.1, -0.05) is 164 Å². The van der Waals surface area contributed by atoms with Crippen molar-refractivity contribution < 1.29 is 4.42 Å². The van der Waals surface area contributed by atoms with Crippen molar-refractivity contribution in [2.24, 2.45) is 0 Å². The molecule has 0 amide bonds. The molecule has 0 saturated carbocycles. The predicted octanol–water partition coefficient (Wildman–Crippen LogP) is 14.4. The minimum absolute atomic E-state index is 0.901. The molecule has 9 aromatic carbocycles. The van der Waals surface area contributed by atoms with Crippen LogP contribution in [0.25, 0.3) is 76.9 Å². The minimum atomic E-state index is 0.901. The minimum Gasteiger partial charge on any atom is -0.455 e. The Hall–Kier alpha value is -6.90. The Kier molecular flexibility index (Phi) is 7.18. The van der Waals surface area contributed by atoms with Crippen molar-refractivity contribution in [3.05, 3.63) is 200 Å². The molecule has 0 radical (unpaired) electrons. The van der Waals surface area contributed by atoms with Crippen molar-refractivity contribution in [3.63, 3.8) is 0 Å². The highest BCUT2D eigenvalue weighted by Crippen LogP contribution is 2.46. The maximum Gasteiger partial charge on any atom is 0.143 e. The summed E-state index contributed by atoms with van der Waals surface area (Å²) in [4.78, 5) is 2.41. The first-order valence-electron chi connectivity index (χ1n) is 17.8. The summed E-state index contributed by atoms with van der Waals surface area (Å²) in [7, 11) is 0. The average Bonchev–Trinajstić information content (AvgIpc) is 3.60. The van der Waals surface area contributed by atoms with E-state index < -0.39 is 0 Å². The third kappa shape index (κ3) is 5.04. The van der Waals surface area contributed by atoms with E-state index in [-0.39, 0.29) is 0 Å². The van der Waals surface area contributed by atoms with Crippen LogP contribution in [-0.4, -0.2) is 0 Å². The normalized spacial score (nSPS) is 11.5. The summed E-state index contributed by atoms with van der Waals surface area (Å²) in [6.07, 6.45) is 0. The van der Waals surface area contributed by atoms with Crippen LogP contribution < -0.4 is 4.90 Å². The van der Waals surface area contributed by atoms with Crippen molar-refractivity contribution in [2.45, 2.75) is 0 Å². The number of nitrogens with zero attached hydrogens (tertiary/aromatic N) is 1. The number of fused-ring (bicyclic) bond motifs is 5. The van der Waals surface area contributed by atoms with Gasteiger partial charge in [-0.2, -0.15) is 0 Å². The molecule has 0 aliphatic rings. The van der Waals surface area contributed by atoms with Crippen molar-refractivity contribution >= 4 is 60.5 Å². The summed E-state index contributed by atoms with van der Waals surface area (Å²) < 4.78 is 6.51. The Bertz CT molecular complexity index is 2910. The van der Waals surface area contributed by atoms with Gasteiger partial charge in [-0.05, 0) is 80.2 Å². The Morgan fingerprint density at radius 2 is 0.962 bits per heavy atom. The standard InChI is InChI=1S/C50H33NO/c1-2-15-35(16-3-1)41-24-11-18-36-19-12-26-45(49(36)41)43-22-6-8-28-47(43)51(40-31-30-34-14-4-5-17-37(34)32-40)39-21-10-20-38(33-39)42-25-13-27-46-44-23-7-9-29-48(44)52-50(42)46/h1-33H. The van der Waals surface area contributed by atoms with Gasteiger partial charge in [0.15, 0.2) is 0 Å². The smallest absolute Gasteiger partial charge is 0.143 e. The summed E-state index contributed by atoms with van der Waals surface area (Å²) in [5.41, 5.74) is 12.0. The SMILES string of the molecule is c1ccc(-c2cccc3cccc(-c4ccccc4N(c4cccc(-c5cccc6c5oc5ccccc56)c4)c4ccc5ccccc5c4)c23)cc1. The molecule has 1 aromatic heterocycles. The van der Waals surface area contributed by atoms with E-state index in [1.165, 1.54) is 38.2 Å². The second kappa shape index (κ2) is 12.5. The summed E-state index contributed by atoms with van der Waals surface area (Å²) in [5, 5.41) is 7.13. The van der Waals surface area contributed by atoms with Gasteiger partial charge < -0.3 is 9.32 Å². The number of rotatable bonds is 6. The van der Waals surface area contributed by atoms with Gasteiger partial charge in [0, 0.05) is 33.3 Å². The lowest BCUT2D eigenvalue weighted by atomic mass is 9.90. The molecule has 0 N–H and O–H groups in total. The second-order valence-corrected chi connectivity index (χ2v) is 13.3. The topological polar surface area (TPSA) is 16.4 Å². The number of hydrogen-bond acceptors (Lipinski definition) is 2. The molecule has 0 aliphatic carbocycles. The molecule has 52 heavy (non-hydrogen) atoms. The molecule has 0 atom stereocenters. The number of anilines is 3. The summed E-state index contributed by atoms with van der Waals surface area (Å²) >= 11 is 0. The van der Waals surface area contributed by atoms with Gasteiger partial charge in [0.1, 0.15) is 11.2 Å². The second-order valence-electron chi connectivity index (χ2n) is 13.3. The number of hydrogen-bond donors (Lipinski definition) is 0. The van der Waals surface area contributed by atoms with Gasteiger partial charge in [0.25, 0.3) is 0 Å². The van der Waals surface area contributed by atoms with Crippen LogP contribution in [-0.2, 0) is 0 Å². The van der Waals surface area contributed by atoms with E-state index in [4.69, 9.17) is 4.42 Å². The summed E-state index contributed by atoms with van der Waals surface area (Å²) in [5.74, 6) is 0. The Labute approximate surface area is 302 Å². The fourth-order valence-electron chi connectivity index (χ4n) is 7.85. The predicted molar refractivity (Wildman–Crippen MR) is 220 cm³/mol. The van der Waals surface area contributed by atoms with Crippen molar-refractivity contribution in [1.82, 2.24) is 0 Å². The maximum atomic E-state index is 6.51. The molecule has 10 rings (SSSR count). The van der Waals surface area contributed by atoms with E-state index >= 15 is 0 Å². The first kappa shape index (κ1) is 30.0. The molecule has 0 aliphatic heterocycles. The van der Waals surface area contributed by atoms with Gasteiger partial charge in [0.2, 0.25) is 0 Å². The van der Waals surface area contributed by atoms with Crippen LogP contribution in [0.15, 0.2) is 205 Å². The van der Waals surface area contributed by atoms with E-state index in [0.717, 1.165) is 55.7 Å². The van der Waals surface area contributed by atoms with Crippen LogP contribution in [0.2, 0.25) is 0 Å². The van der Waals surface area contributed by atoms with Crippen LogP contribution >= 0.6 is 0 Å². The van der Waals surface area contributed by atoms with Gasteiger partial charge in [-0.15, -0.1) is 0 Å². The molecule has 0 saturated heterocycles. The molecule has 0 bridgehead atoms. The summed E-state index contributed by atoms with van der Waals surface area (Å²) in [6.45, 7) is 0. The molecular formula is C50H33NO. The highest BCUT2D eigenvalue weighted by Gasteiger charge is 2.21. The maximum absolute atomic E-state index is 6.51. The van der Waals surface area contributed by atoms with Crippen LogP contribution in [0, 0.1) is 0 Å². The molecule has 0 spiro atoms. The van der Waals surface area contributed by atoms with Gasteiger partial charge in [-0.3, -0.25) is 0 Å². The first-order chi connectivity index (χ1) is 25.8. The zero-order chi connectivity index (χ0) is 34.4. The highest BCUT2D eigenvalue weighted by atomic mass is 16.3. The third-order valence-electron chi connectivity index (χ3n) is 10.2. The van der Waals surface area contributed by atoms with Crippen LogP contribution in [0.5, 0.6) is 0 Å². The molecule has 1 heterocycles. The van der Waals surface area contributed by atoms with E-state index in [1.807, 2.05) is 12.1 Å². The van der Waals surface area contributed by atoms with Gasteiger partial charge in [0.05, 0.1) is 5.69 Å². The lowest BCUT2D eigenvalue weighted by Gasteiger charge is -2.29. The Balaban J connectivity index is 1.21. The van der Waals surface area contributed by atoms with E-state index in [9.17, 15) is 0 Å². The zero-order valence-electron chi connectivity index (χ0n) is 28.4. The highest BCUT2D eigenvalue weighted by molar-refractivity contribution is 6.11. The molecule has 0 unspecified atom stereocenters. The molecule has 2 nitrogen and oxygen atoms in total. The number of para-hydroxylation sites is 3. The van der Waals surface area contributed by atoms with Gasteiger partial charge >= 0.3 is 0 Å². The van der Waals surface area contributed by atoms with Crippen LogP contribution in [0.4, 0.5) is 17.1 Å². The van der Waals surface area contributed by atoms with Crippen molar-refractivity contribution in [1.29, 1.82) is 0 Å². The average molecular weight is 664 g/mol. The van der Waals surface area contributed by atoms with Crippen molar-refractivity contribution in [2.75, 3.05) is 4.90 Å². The fraction of sp³-hybridized carbons (Fsp3) is 0. The van der Waals surface area contributed by atoms with Crippen LogP contribution in [0.3, 0.4) is 0 Å². The van der Waals surface area contributed by atoms with Crippen LogP contribution in [0.1, 0.15) is 0 Å².